The third-order valence-corrected chi connectivity index (χ3v) is 3.65. The second-order valence-corrected chi connectivity index (χ2v) is 5.40. The van der Waals surface area contributed by atoms with Crippen LogP contribution in [-0.4, -0.2) is 11.0 Å². The van der Waals surface area contributed by atoms with Gasteiger partial charge >= 0.3 is 0 Å². The van der Waals surface area contributed by atoms with Crippen LogP contribution in [0.5, 0.6) is 0 Å². The Bertz CT molecular complexity index is 572. The second kappa shape index (κ2) is 6.44. The van der Waals surface area contributed by atoms with E-state index >= 15 is 0 Å². The molecule has 1 saturated carbocycles. The zero-order valence-electron chi connectivity index (χ0n) is 10.9. The molecule has 3 N–H and O–H groups in total. The van der Waals surface area contributed by atoms with Crippen molar-refractivity contribution in [3.05, 3.63) is 58.7 Å². The average molecular weight is 310 g/mol. The lowest BCUT2D eigenvalue weighted by Gasteiger charge is -2.07. The Morgan fingerprint density at radius 2 is 2.10 bits per heavy atom. The van der Waals surface area contributed by atoms with Crippen molar-refractivity contribution in [1.29, 1.82) is 0 Å². The van der Waals surface area contributed by atoms with Gasteiger partial charge in [-0.2, -0.15) is 0 Å². The molecule has 1 fully saturated rings. The third-order valence-electron chi connectivity index (χ3n) is 3.42. The molecular weight excluding hydrogens is 293 g/mol. The van der Waals surface area contributed by atoms with Crippen LogP contribution >= 0.6 is 24.0 Å². The van der Waals surface area contributed by atoms with Crippen LogP contribution in [0.3, 0.4) is 0 Å². The van der Waals surface area contributed by atoms with Crippen LogP contribution in [0.25, 0.3) is 0 Å². The average Bonchev–Trinajstić information content (AvgIpc) is 3.14. The predicted octanol–water partition coefficient (Wildman–Crippen LogP) is 3.58. The minimum absolute atomic E-state index is 0. The van der Waals surface area contributed by atoms with Crippen LogP contribution < -0.4 is 11.1 Å². The van der Waals surface area contributed by atoms with Crippen LogP contribution in [-0.2, 0) is 6.54 Å². The number of hydrogen-bond donors (Lipinski definition) is 2. The van der Waals surface area contributed by atoms with Crippen LogP contribution in [0.1, 0.15) is 23.5 Å². The van der Waals surface area contributed by atoms with E-state index in [0.29, 0.717) is 12.0 Å². The van der Waals surface area contributed by atoms with Crippen molar-refractivity contribution in [2.45, 2.75) is 24.9 Å². The van der Waals surface area contributed by atoms with Gasteiger partial charge in [0.2, 0.25) is 0 Å². The Morgan fingerprint density at radius 1 is 1.30 bits per heavy atom. The summed E-state index contributed by atoms with van der Waals surface area (Å²) in [5.74, 6) is 1.38. The summed E-state index contributed by atoms with van der Waals surface area (Å²) in [6.07, 6.45) is 2.99. The number of rotatable bonds is 4. The number of pyridine rings is 1. The van der Waals surface area contributed by atoms with Crippen molar-refractivity contribution in [1.82, 2.24) is 4.98 Å². The van der Waals surface area contributed by atoms with Crippen LogP contribution in [0.2, 0.25) is 5.02 Å². The smallest absolute Gasteiger partial charge is 0.126 e. The normalized spacial score (nSPS) is 20.1. The van der Waals surface area contributed by atoms with E-state index in [1.165, 1.54) is 5.56 Å². The van der Waals surface area contributed by atoms with Crippen molar-refractivity contribution >= 4 is 29.8 Å². The van der Waals surface area contributed by atoms with Gasteiger partial charge in [0.1, 0.15) is 5.82 Å². The minimum atomic E-state index is 0. The molecule has 1 aliphatic carbocycles. The van der Waals surface area contributed by atoms with E-state index in [1.54, 1.807) is 0 Å². The molecule has 20 heavy (non-hydrogen) atoms. The topological polar surface area (TPSA) is 50.9 Å². The Hall–Kier alpha value is -1.29. The van der Waals surface area contributed by atoms with Gasteiger partial charge in [0.15, 0.2) is 0 Å². The summed E-state index contributed by atoms with van der Waals surface area (Å²) in [5.41, 5.74) is 8.21. The van der Waals surface area contributed by atoms with Crippen molar-refractivity contribution < 1.29 is 0 Å². The van der Waals surface area contributed by atoms with Crippen LogP contribution in [0, 0.1) is 0 Å². The highest BCUT2D eigenvalue weighted by Gasteiger charge is 2.34. The first-order valence-corrected chi connectivity index (χ1v) is 6.80. The van der Waals surface area contributed by atoms with E-state index in [0.717, 1.165) is 29.4 Å². The first kappa shape index (κ1) is 15.1. The van der Waals surface area contributed by atoms with Gasteiger partial charge in [0.05, 0.1) is 0 Å². The van der Waals surface area contributed by atoms with Gasteiger partial charge in [-0.3, -0.25) is 0 Å². The molecule has 0 bridgehead atoms. The summed E-state index contributed by atoms with van der Waals surface area (Å²) < 4.78 is 0. The molecule has 0 radical (unpaired) electrons. The Morgan fingerprint density at radius 3 is 2.70 bits per heavy atom. The summed E-state index contributed by atoms with van der Waals surface area (Å²) in [6, 6.07) is 12.2. The van der Waals surface area contributed by atoms with E-state index in [2.05, 4.69) is 16.4 Å². The molecule has 5 heteroatoms. The number of nitrogens with one attached hydrogen (secondary N) is 1. The number of nitrogens with two attached hydrogens (primary N) is 1. The summed E-state index contributed by atoms with van der Waals surface area (Å²) in [4.78, 5) is 4.41. The van der Waals surface area contributed by atoms with Crippen molar-refractivity contribution in [2.24, 2.45) is 5.73 Å². The maximum absolute atomic E-state index is 5.95. The molecule has 3 nitrogen and oxygen atoms in total. The van der Waals surface area contributed by atoms with E-state index in [1.807, 2.05) is 36.5 Å². The van der Waals surface area contributed by atoms with Gasteiger partial charge in [-0.05, 0) is 35.7 Å². The van der Waals surface area contributed by atoms with Gasteiger partial charge in [0, 0.05) is 29.7 Å². The molecule has 0 saturated heterocycles. The quantitative estimate of drug-likeness (QED) is 0.907. The monoisotopic (exact) mass is 309 g/mol. The maximum Gasteiger partial charge on any atom is 0.126 e. The molecule has 106 valence electrons. The Balaban J connectivity index is 0.00000147. The van der Waals surface area contributed by atoms with E-state index in [9.17, 15) is 0 Å². The zero-order chi connectivity index (χ0) is 13.2. The number of anilines is 1. The lowest BCUT2D eigenvalue weighted by molar-refractivity contribution is 0.978. The number of nitrogens with zero attached hydrogens (tertiary/aromatic N) is 1. The highest BCUT2D eigenvalue weighted by molar-refractivity contribution is 6.30. The largest absolute Gasteiger partial charge is 0.366 e. The fourth-order valence-corrected chi connectivity index (χ4v) is 2.38. The van der Waals surface area contributed by atoms with E-state index in [-0.39, 0.29) is 12.4 Å². The summed E-state index contributed by atoms with van der Waals surface area (Å²) in [7, 11) is 0. The highest BCUT2D eigenvalue weighted by atomic mass is 35.5. The first-order chi connectivity index (χ1) is 9.22. The molecule has 0 amide bonds. The number of halogens is 2. The van der Waals surface area contributed by atoms with Gasteiger partial charge in [0.25, 0.3) is 0 Å². The molecule has 1 aromatic heterocycles. The van der Waals surface area contributed by atoms with Crippen molar-refractivity contribution in [2.75, 3.05) is 5.32 Å². The molecule has 1 aliphatic rings. The molecule has 2 atom stereocenters. The van der Waals surface area contributed by atoms with Crippen LogP contribution in [0.15, 0.2) is 42.6 Å². The Labute approximate surface area is 130 Å². The maximum atomic E-state index is 5.95. The van der Waals surface area contributed by atoms with E-state index < -0.39 is 0 Å². The SMILES string of the molecule is Cl.N[C@@H]1C[C@H]1c1ccc(NCc2cccc(Cl)c2)nc1. The molecule has 0 aliphatic heterocycles. The standard InChI is InChI=1S/C15H16ClN3.ClH/c16-12-3-1-2-10(6-12)8-18-15-5-4-11(9-19-15)13-7-14(13)17;/h1-6,9,13-14H,7-8,17H2,(H,18,19);1H/t13-,14+;/m0./s1. The second-order valence-electron chi connectivity index (χ2n) is 4.97. The van der Waals surface area contributed by atoms with E-state index in [4.69, 9.17) is 17.3 Å². The lowest BCUT2D eigenvalue weighted by atomic mass is 10.2. The van der Waals surface area contributed by atoms with Crippen molar-refractivity contribution in [3.8, 4) is 0 Å². The first-order valence-electron chi connectivity index (χ1n) is 6.42. The fraction of sp³-hybridized carbons (Fsp3) is 0.267. The fourth-order valence-electron chi connectivity index (χ4n) is 2.17. The number of aromatic nitrogens is 1. The minimum Gasteiger partial charge on any atom is -0.366 e. The highest BCUT2D eigenvalue weighted by Crippen LogP contribution is 2.38. The lowest BCUT2D eigenvalue weighted by Crippen LogP contribution is -2.03. The van der Waals surface area contributed by atoms with Gasteiger partial charge < -0.3 is 11.1 Å². The number of hydrogen-bond acceptors (Lipinski definition) is 3. The molecule has 1 heterocycles. The zero-order valence-corrected chi connectivity index (χ0v) is 12.5. The van der Waals surface area contributed by atoms with Crippen molar-refractivity contribution in [3.63, 3.8) is 0 Å². The molecule has 0 spiro atoms. The Kier molecular flexibility index (Phi) is 4.86. The van der Waals surface area contributed by atoms with Gasteiger partial charge in [-0.1, -0.05) is 29.8 Å². The third kappa shape index (κ3) is 3.63. The predicted molar refractivity (Wildman–Crippen MR) is 85.6 cm³/mol. The summed E-state index contributed by atoms with van der Waals surface area (Å²) in [6.45, 7) is 0.718. The summed E-state index contributed by atoms with van der Waals surface area (Å²) in [5, 5.41) is 4.04. The summed E-state index contributed by atoms with van der Waals surface area (Å²) >= 11 is 5.95. The molecule has 1 aromatic carbocycles. The number of benzene rings is 1. The molecule has 3 rings (SSSR count). The molecule has 0 unspecified atom stereocenters. The van der Waals surface area contributed by atoms with Gasteiger partial charge in [-0.25, -0.2) is 4.98 Å². The van der Waals surface area contributed by atoms with Crippen LogP contribution in [0.4, 0.5) is 5.82 Å². The molecular formula is C15H17Cl2N3. The molecule has 2 aromatic rings. The van der Waals surface area contributed by atoms with Gasteiger partial charge in [-0.15, -0.1) is 12.4 Å².